The summed E-state index contributed by atoms with van der Waals surface area (Å²) in [7, 11) is -2.93. The first-order valence-electron chi connectivity index (χ1n) is 5.91. The van der Waals surface area contributed by atoms with E-state index in [2.05, 4.69) is 0 Å². The summed E-state index contributed by atoms with van der Waals surface area (Å²) in [6.45, 7) is 0.802. The summed E-state index contributed by atoms with van der Waals surface area (Å²) in [6.07, 6.45) is 4.10. The van der Waals surface area contributed by atoms with Gasteiger partial charge in [0.05, 0.1) is 17.6 Å². The second-order valence-corrected chi connectivity index (χ2v) is 6.97. The van der Waals surface area contributed by atoms with Gasteiger partial charge in [0.15, 0.2) is 9.84 Å². The molecule has 2 aliphatic rings. The van der Waals surface area contributed by atoms with Crippen LogP contribution in [0.3, 0.4) is 0 Å². The molecule has 0 aliphatic carbocycles. The Morgan fingerprint density at radius 3 is 2.69 bits per heavy atom. The van der Waals surface area contributed by atoms with Gasteiger partial charge in [-0.05, 0) is 25.7 Å². The predicted octanol–water partition coefficient (Wildman–Crippen LogP) is 0.949. The van der Waals surface area contributed by atoms with E-state index < -0.39 is 9.84 Å². The molecule has 0 aromatic rings. The van der Waals surface area contributed by atoms with Gasteiger partial charge in [-0.15, -0.1) is 0 Å². The zero-order chi connectivity index (χ0) is 11.6. The van der Waals surface area contributed by atoms with Gasteiger partial charge in [0.1, 0.15) is 5.78 Å². The van der Waals surface area contributed by atoms with Crippen LogP contribution in [0.5, 0.6) is 0 Å². The fourth-order valence-corrected chi connectivity index (χ4v) is 4.20. The van der Waals surface area contributed by atoms with E-state index in [0.29, 0.717) is 12.8 Å². The Bertz CT molecular complexity index is 354. The molecule has 2 saturated heterocycles. The van der Waals surface area contributed by atoms with E-state index in [0.717, 1.165) is 25.9 Å². The largest absolute Gasteiger partial charge is 0.378 e. The van der Waals surface area contributed by atoms with Crippen molar-refractivity contribution in [1.82, 2.24) is 0 Å². The highest BCUT2D eigenvalue weighted by Crippen LogP contribution is 2.23. The third-order valence-corrected chi connectivity index (χ3v) is 5.19. The molecule has 92 valence electrons. The summed E-state index contributed by atoms with van der Waals surface area (Å²) in [5, 5.41) is 0. The van der Waals surface area contributed by atoms with Crippen molar-refractivity contribution < 1.29 is 17.9 Å². The maximum Gasteiger partial charge on any atom is 0.151 e. The molecule has 2 rings (SSSR count). The first-order valence-corrected chi connectivity index (χ1v) is 7.74. The van der Waals surface area contributed by atoms with Gasteiger partial charge in [0.25, 0.3) is 0 Å². The zero-order valence-corrected chi connectivity index (χ0v) is 10.2. The summed E-state index contributed by atoms with van der Waals surface area (Å²) < 4.78 is 27.9. The van der Waals surface area contributed by atoms with Gasteiger partial charge in [-0.2, -0.15) is 0 Å². The molecule has 2 unspecified atom stereocenters. The summed E-state index contributed by atoms with van der Waals surface area (Å²) >= 11 is 0. The van der Waals surface area contributed by atoms with Crippen LogP contribution in [0, 0.1) is 5.92 Å². The lowest BCUT2D eigenvalue weighted by molar-refractivity contribution is -0.122. The van der Waals surface area contributed by atoms with Gasteiger partial charge in [-0.25, -0.2) is 8.42 Å². The molecule has 0 aromatic carbocycles. The van der Waals surface area contributed by atoms with Crippen molar-refractivity contribution >= 4 is 15.6 Å². The van der Waals surface area contributed by atoms with Crippen LogP contribution >= 0.6 is 0 Å². The predicted molar refractivity (Wildman–Crippen MR) is 60.0 cm³/mol. The molecular formula is C11H18O4S. The van der Waals surface area contributed by atoms with Crippen molar-refractivity contribution in [3.8, 4) is 0 Å². The van der Waals surface area contributed by atoms with Crippen LogP contribution in [0.1, 0.15) is 32.1 Å². The van der Waals surface area contributed by atoms with Gasteiger partial charge in [0.2, 0.25) is 0 Å². The minimum Gasteiger partial charge on any atom is -0.378 e. The van der Waals surface area contributed by atoms with Crippen molar-refractivity contribution in [2.75, 3.05) is 18.1 Å². The molecule has 0 spiro atoms. The topological polar surface area (TPSA) is 60.4 Å². The SMILES string of the molecule is O=C(CCC1CCCO1)C1CCS(=O)(=O)C1. The molecule has 0 saturated carbocycles. The van der Waals surface area contributed by atoms with Crippen LogP contribution in [-0.2, 0) is 19.4 Å². The Kier molecular flexibility index (Phi) is 3.64. The van der Waals surface area contributed by atoms with E-state index in [4.69, 9.17) is 4.74 Å². The highest BCUT2D eigenvalue weighted by Gasteiger charge is 2.32. The van der Waals surface area contributed by atoms with Crippen molar-refractivity contribution in [3.63, 3.8) is 0 Å². The van der Waals surface area contributed by atoms with Gasteiger partial charge >= 0.3 is 0 Å². The minimum atomic E-state index is -2.93. The van der Waals surface area contributed by atoms with Gasteiger partial charge in [0, 0.05) is 18.9 Å². The Morgan fingerprint density at radius 1 is 1.31 bits per heavy atom. The number of hydrogen-bond donors (Lipinski definition) is 0. The number of rotatable bonds is 4. The smallest absolute Gasteiger partial charge is 0.151 e. The first-order chi connectivity index (χ1) is 7.57. The van der Waals surface area contributed by atoms with Crippen LogP contribution in [0.25, 0.3) is 0 Å². The minimum absolute atomic E-state index is 0.0668. The maximum absolute atomic E-state index is 11.8. The van der Waals surface area contributed by atoms with E-state index in [-0.39, 0.29) is 29.3 Å². The number of sulfone groups is 1. The van der Waals surface area contributed by atoms with E-state index in [9.17, 15) is 13.2 Å². The second-order valence-electron chi connectivity index (χ2n) is 4.74. The molecule has 2 fully saturated rings. The Hall–Kier alpha value is -0.420. The zero-order valence-electron chi connectivity index (χ0n) is 9.35. The van der Waals surface area contributed by atoms with Crippen LogP contribution in [0.15, 0.2) is 0 Å². The highest BCUT2D eigenvalue weighted by atomic mass is 32.2. The third-order valence-electron chi connectivity index (χ3n) is 3.42. The van der Waals surface area contributed by atoms with Gasteiger partial charge in [-0.3, -0.25) is 4.79 Å². The Labute approximate surface area is 96.3 Å². The van der Waals surface area contributed by atoms with E-state index in [1.165, 1.54) is 0 Å². The highest BCUT2D eigenvalue weighted by molar-refractivity contribution is 7.91. The molecule has 2 atom stereocenters. The number of Topliss-reactive ketones (excluding diaryl/α,β-unsaturated/α-hetero) is 1. The molecule has 0 bridgehead atoms. The van der Waals surface area contributed by atoms with E-state index >= 15 is 0 Å². The molecule has 0 amide bonds. The molecular weight excluding hydrogens is 228 g/mol. The van der Waals surface area contributed by atoms with Crippen molar-refractivity contribution in [2.24, 2.45) is 5.92 Å². The molecule has 2 heterocycles. The Morgan fingerprint density at radius 2 is 2.12 bits per heavy atom. The lowest BCUT2D eigenvalue weighted by Gasteiger charge is -2.10. The van der Waals surface area contributed by atoms with Gasteiger partial charge < -0.3 is 4.74 Å². The fraction of sp³-hybridized carbons (Fsp3) is 0.909. The summed E-state index contributed by atoms with van der Waals surface area (Å²) in [4.78, 5) is 11.8. The van der Waals surface area contributed by atoms with Crippen LogP contribution < -0.4 is 0 Å². The van der Waals surface area contributed by atoms with Crippen molar-refractivity contribution in [3.05, 3.63) is 0 Å². The van der Waals surface area contributed by atoms with Crippen LogP contribution in [0.2, 0.25) is 0 Å². The van der Waals surface area contributed by atoms with Crippen LogP contribution in [-0.4, -0.2) is 38.4 Å². The first kappa shape index (κ1) is 12.0. The molecule has 0 N–H and O–H groups in total. The second kappa shape index (κ2) is 4.84. The number of ether oxygens (including phenoxy) is 1. The average molecular weight is 246 g/mol. The quantitative estimate of drug-likeness (QED) is 0.741. The fourth-order valence-electron chi connectivity index (χ4n) is 2.43. The number of hydrogen-bond acceptors (Lipinski definition) is 4. The van der Waals surface area contributed by atoms with Crippen LogP contribution in [0.4, 0.5) is 0 Å². The van der Waals surface area contributed by atoms with E-state index in [1.54, 1.807) is 0 Å². The summed E-state index contributed by atoms with van der Waals surface area (Å²) in [5.41, 5.74) is 0. The number of carbonyl (C=O) groups is 1. The number of carbonyl (C=O) groups excluding carboxylic acids is 1. The van der Waals surface area contributed by atoms with Crippen molar-refractivity contribution in [2.45, 2.75) is 38.2 Å². The molecule has 0 radical (unpaired) electrons. The van der Waals surface area contributed by atoms with Gasteiger partial charge in [-0.1, -0.05) is 0 Å². The lowest BCUT2D eigenvalue weighted by atomic mass is 9.98. The normalized spacial score (nSPS) is 33.0. The third kappa shape index (κ3) is 3.04. The molecule has 5 heteroatoms. The maximum atomic E-state index is 11.8. The monoisotopic (exact) mass is 246 g/mol. The number of ketones is 1. The summed E-state index contributed by atoms with van der Waals surface area (Å²) in [5.74, 6) is 0.115. The molecule has 16 heavy (non-hydrogen) atoms. The standard InChI is InChI=1S/C11H18O4S/c12-11(4-3-10-2-1-6-15-10)9-5-7-16(13,14)8-9/h9-10H,1-8H2. The molecule has 0 aromatic heterocycles. The van der Waals surface area contributed by atoms with Crippen molar-refractivity contribution in [1.29, 1.82) is 0 Å². The lowest BCUT2D eigenvalue weighted by Crippen LogP contribution is -2.18. The molecule has 4 nitrogen and oxygen atoms in total. The Balaban J connectivity index is 1.76. The molecule has 2 aliphatic heterocycles. The average Bonchev–Trinajstić information content (AvgIpc) is 2.83. The summed E-state index contributed by atoms with van der Waals surface area (Å²) in [6, 6.07) is 0. The van der Waals surface area contributed by atoms with E-state index in [1.807, 2.05) is 0 Å².